The second-order valence-electron chi connectivity index (χ2n) is 3.66. The Labute approximate surface area is 79.6 Å². The molecular weight excluding hydrogens is 184 g/mol. The molecule has 2 aromatic rings. The molecule has 14 heavy (non-hydrogen) atoms. The third-order valence-corrected chi connectivity index (χ3v) is 2.03. The molecule has 72 valence electrons. The molecule has 2 heterocycles. The van der Waals surface area contributed by atoms with Crippen LogP contribution in [0.15, 0.2) is 16.8 Å². The van der Waals surface area contributed by atoms with Crippen LogP contribution in [0.1, 0.15) is 13.8 Å². The van der Waals surface area contributed by atoms with E-state index in [-0.39, 0.29) is 0 Å². The van der Waals surface area contributed by atoms with Crippen molar-refractivity contribution in [2.24, 2.45) is 0 Å². The van der Waals surface area contributed by atoms with Crippen LogP contribution in [0.2, 0.25) is 0 Å². The Balaban J connectivity index is 2.22. The van der Waals surface area contributed by atoms with Gasteiger partial charge in [-0.15, -0.1) is 0 Å². The molecule has 1 aliphatic rings. The van der Waals surface area contributed by atoms with Crippen LogP contribution < -0.4 is 9.47 Å². The topological polar surface area (TPSA) is 57.4 Å². The van der Waals surface area contributed by atoms with E-state index in [1.54, 1.807) is 12.1 Å². The maximum Gasteiger partial charge on any atom is 0.246 e. The van der Waals surface area contributed by atoms with Gasteiger partial charge in [0.2, 0.25) is 5.79 Å². The average Bonchev–Trinajstić information content (AvgIpc) is 2.59. The van der Waals surface area contributed by atoms with Gasteiger partial charge in [-0.25, -0.2) is 4.63 Å². The van der Waals surface area contributed by atoms with Crippen LogP contribution in [0.25, 0.3) is 11.0 Å². The molecule has 0 saturated carbocycles. The monoisotopic (exact) mass is 192 g/mol. The first kappa shape index (κ1) is 7.61. The number of rotatable bonds is 0. The third-order valence-electron chi connectivity index (χ3n) is 2.03. The van der Waals surface area contributed by atoms with Crippen LogP contribution in [-0.2, 0) is 0 Å². The maximum atomic E-state index is 5.54. The Morgan fingerprint density at radius 2 is 1.50 bits per heavy atom. The number of hydrogen-bond acceptors (Lipinski definition) is 5. The first-order valence-electron chi connectivity index (χ1n) is 4.28. The van der Waals surface area contributed by atoms with Gasteiger partial charge in [0.05, 0.1) is 0 Å². The number of fused-ring (bicyclic) bond motifs is 2. The molecule has 0 amide bonds. The lowest BCUT2D eigenvalue weighted by Crippen LogP contribution is -2.29. The molecule has 3 rings (SSSR count). The second-order valence-corrected chi connectivity index (χ2v) is 3.66. The quantitative estimate of drug-likeness (QED) is 0.636. The molecule has 1 aromatic heterocycles. The molecule has 1 aliphatic heterocycles. The Hall–Kier alpha value is -1.78. The van der Waals surface area contributed by atoms with E-state index < -0.39 is 5.79 Å². The first-order valence-corrected chi connectivity index (χ1v) is 4.28. The van der Waals surface area contributed by atoms with Crippen molar-refractivity contribution in [3.63, 3.8) is 0 Å². The van der Waals surface area contributed by atoms with Crippen LogP contribution in [0.4, 0.5) is 0 Å². The van der Waals surface area contributed by atoms with Crippen molar-refractivity contribution in [3.8, 4) is 11.5 Å². The molecule has 0 aliphatic carbocycles. The van der Waals surface area contributed by atoms with E-state index in [0.29, 0.717) is 22.5 Å². The van der Waals surface area contributed by atoms with Crippen LogP contribution in [-0.4, -0.2) is 16.1 Å². The largest absolute Gasteiger partial charge is 0.449 e. The van der Waals surface area contributed by atoms with E-state index in [1.165, 1.54) is 0 Å². The van der Waals surface area contributed by atoms with Crippen LogP contribution >= 0.6 is 0 Å². The standard InChI is InChI=1S/C9H8N2O3/c1-9(2)12-7-3-5-6(11-14-10-5)4-8(7)13-9/h3-4H,1-2H3. The predicted octanol–water partition coefficient (Wildman–Crippen LogP) is 1.73. The normalized spacial score (nSPS) is 17.6. The van der Waals surface area contributed by atoms with Crippen LogP contribution in [0.5, 0.6) is 11.5 Å². The SMILES string of the molecule is CC1(C)Oc2cc3nonc3cc2O1. The van der Waals surface area contributed by atoms with Crippen molar-refractivity contribution in [2.45, 2.75) is 19.6 Å². The summed E-state index contributed by atoms with van der Waals surface area (Å²) in [5.41, 5.74) is 1.34. The summed E-state index contributed by atoms with van der Waals surface area (Å²) in [5.74, 6) is 0.745. The fourth-order valence-electron chi connectivity index (χ4n) is 1.50. The first-order chi connectivity index (χ1) is 6.64. The Morgan fingerprint density at radius 1 is 1.00 bits per heavy atom. The van der Waals surface area contributed by atoms with Gasteiger partial charge in [0.1, 0.15) is 11.0 Å². The number of aromatic nitrogens is 2. The lowest BCUT2D eigenvalue weighted by atomic mass is 10.3. The molecule has 1 aromatic carbocycles. The average molecular weight is 192 g/mol. The number of benzene rings is 1. The van der Waals surface area contributed by atoms with E-state index in [4.69, 9.17) is 9.47 Å². The van der Waals surface area contributed by atoms with Gasteiger partial charge in [-0.1, -0.05) is 0 Å². The summed E-state index contributed by atoms with van der Waals surface area (Å²) in [5, 5.41) is 7.44. The van der Waals surface area contributed by atoms with Crippen molar-refractivity contribution >= 4 is 11.0 Å². The molecule has 5 heteroatoms. The summed E-state index contributed by atoms with van der Waals surface area (Å²) in [6.07, 6.45) is 0. The maximum absolute atomic E-state index is 5.54. The van der Waals surface area contributed by atoms with Crippen molar-refractivity contribution < 1.29 is 14.1 Å². The number of hydrogen-bond donors (Lipinski definition) is 0. The molecule has 0 fully saturated rings. The third kappa shape index (κ3) is 0.951. The van der Waals surface area contributed by atoms with E-state index in [1.807, 2.05) is 13.8 Å². The minimum Gasteiger partial charge on any atom is -0.449 e. The highest BCUT2D eigenvalue weighted by atomic mass is 16.7. The minimum absolute atomic E-state index is 0.613. The summed E-state index contributed by atoms with van der Waals surface area (Å²) in [7, 11) is 0. The van der Waals surface area contributed by atoms with Crippen LogP contribution in [0.3, 0.4) is 0 Å². The van der Waals surface area contributed by atoms with Gasteiger partial charge in [0, 0.05) is 26.0 Å². The van der Waals surface area contributed by atoms with E-state index in [9.17, 15) is 0 Å². The summed E-state index contributed by atoms with van der Waals surface area (Å²) < 4.78 is 15.7. The molecule has 0 unspecified atom stereocenters. The summed E-state index contributed by atoms with van der Waals surface area (Å²) in [6.45, 7) is 3.70. The van der Waals surface area contributed by atoms with Crippen molar-refractivity contribution in [1.29, 1.82) is 0 Å². The Bertz CT molecular complexity index is 462. The fraction of sp³-hybridized carbons (Fsp3) is 0.333. The zero-order chi connectivity index (χ0) is 9.76. The lowest BCUT2D eigenvalue weighted by molar-refractivity contribution is -0.0431. The Morgan fingerprint density at radius 3 is 2.00 bits per heavy atom. The molecule has 5 nitrogen and oxygen atoms in total. The summed E-state index contributed by atoms with van der Waals surface area (Å²) in [4.78, 5) is 0. The van der Waals surface area contributed by atoms with Gasteiger partial charge in [0.25, 0.3) is 0 Å². The zero-order valence-corrected chi connectivity index (χ0v) is 7.77. The van der Waals surface area contributed by atoms with E-state index in [2.05, 4.69) is 14.9 Å². The molecule has 0 N–H and O–H groups in total. The van der Waals surface area contributed by atoms with Gasteiger partial charge in [-0.2, -0.15) is 0 Å². The van der Waals surface area contributed by atoms with Gasteiger partial charge < -0.3 is 9.47 Å². The van der Waals surface area contributed by atoms with Gasteiger partial charge in [-0.3, -0.25) is 0 Å². The molecule has 0 bridgehead atoms. The molecule has 0 saturated heterocycles. The van der Waals surface area contributed by atoms with E-state index in [0.717, 1.165) is 0 Å². The van der Waals surface area contributed by atoms with E-state index >= 15 is 0 Å². The molecular formula is C9H8N2O3. The van der Waals surface area contributed by atoms with Gasteiger partial charge >= 0.3 is 0 Å². The number of nitrogens with zero attached hydrogens (tertiary/aromatic N) is 2. The summed E-state index contributed by atoms with van der Waals surface area (Å²) >= 11 is 0. The highest BCUT2D eigenvalue weighted by molar-refractivity contribution is 5.78. The molecule has 0 atom stereocenters. The minimum atomic E-state index is -0.613. The number of ether oxygens (including phenoxy) is 2. The highest BCUT2D eigenvalue weighted by Crippen LogP contribution is 2.40. The van der Waals surface area contributed by atoms with Crippen molar-refractivity contribution in [1.82, 2.24) is 10.3 Å². The van der Waals surface area contributed by atoms with Gasteiger partial charge in [0.15, 0.2) is 11.5 Å². The highest BCUT2D eigenvalue weighted by Gasteiger charge is 2.32. The zero-order valence-electron chi connectivity index (χ0n) is 7.77. The smallest absolute Gasteiger partial charge is 0.246 e. The fourth-order valence-corrected chi connectivity index (χ4v) is 1.50. The lowest BCUT2D eigenvalue weighted by Gasteiger charge is -2.16. The molecule has 0 radical (unpaired) electrons. The second kappa shape index (κ2) is 2.17. The predicted molar refractivity (Wildman–Crippen MR) is 47.1 cm³/mol. The molecule has 0 spiro atoms. The van der Waals surface area contributed by atoms with Crippen molar-refractivity contribution in [2.75, 3.05) is 0 Å². The van der Waals surface area contributed by atoms with Crippen LogP contribution in [0, 0.1) is 0 Å². The summed E-state index contributed by atoms with van der Waals surface area (Å²) in [6, 6.07) is 3.52. The van der Waals surface area contributed by atoms with Gasteiger partial charge in [-0.05, 0) is 10.3 Å². The Kier molecular flexibility index (Phi) is 1.18. The van der Waals surface area contributed by atoms with Crippen molar-refractivity contribution in [3.05, 3.63) is 12.1 Å².